The summed E-state index contributed by atoms with van der Waals surface area (Å²) >= 11 is 1.32. The Labute approximate surface area is 141 Å². The molecule has 0 unspecified atom stereocenters. The summed E-state index contributed by atoms with van der Waals surface area (Å²) in [4.78, 5) is 16.6. The van der Waals surface area contributed by atoms with Crippen molar-refractivity contribution in [1.29, 1.82) is 0 Å². The van der Waals surface area contributed by atoms with Crippen LogP contribution in [0, 0.1) is 5.82 Å². The van der Waals surface area contributed by atoms with E-state index in [0.29, 0.717) is 22.2 Å². The molecule has 0 saturated carbocycles. The van der Waals surface area contributed by atoms with Crippen LogP contribution in [0.15, 0.2) is 42.6 Å². The van der Waals surface area contributed by atoms with Gasteiger partial charge in [-0.1, -0.05) is 24.3 Å². The van der Waals surface area contributed by atoms with Crippen molar-refractivity contribution in [1.82, 2.24) is 15.2 Å². The number of nitrogens with zero attached hydrogens (tertiary/aromatic N) is 3. The van der Waals surface area contributed by atoms with Gasteiger partial charge in [-0.25, -0.2) is 9.37 Å². The number of hydrogen-bond acceptors (Lipinski definition) is 6. The van der Waals surface area contributed by atoms with Gasteiger partial charge in [-0.3, -0.25) is 10.1 Å². The lowest BCUT2D eigenvalue weighted by molar-refractivity contribution is 0.102. The number of aromatic nitrogens is 3. The first-order chi connectivity index (χ1) is 11.7. The van der Waals surface area contributed by atoms with Crippen LogP contribution in [-0.4, -0.2) is 21.1 Å². The van der Waals surface area contributed by atoms with E-state index >= 15 is 0 Å². The Balaban J connectivity index is 1.81. The van der Waals surface area contributed by atoms with E-state index in [2.05, 4.69) is 25.8 Å². The fraction of sp³-hybridized carbons (Fsp3) is 0.125. The second kappa shape index (κ2) is 7.14. The van der Waals surface area contributed by atoms with E-state index in [-0.39, 0.29) is 11.7 Å². The summed E-state index contributed by atoms with van der Waals surface area (Å²) < 4.78 is 13.3. The highest BCUT2D eigenvalue weighted by Crippen LogP contribution is 2.21. The van der Waals surface area contributed by atoms with E-state index in [1.165, 1.54) is 23.5 Å². The molecular weight excluding hydrogens is 329 g/mol. The van der Waals surface area contributed by atoms with Crippen molar-refractivity contribution >= 4 is 33.9 Å². The molecular formula is C16H14FN5OS. The summed E-state index contributed by atoms with van der Waals surface area (Å²) in [7, 11) is 0. The quantitative estimate of drug-likeness (QED) is 0.739. The number of amides is 1. The summed E-state index contributed by atoms with van der Waals surface area (Å²) in [6.07, 6.45) is 2.31. The maximum atomic E-state index is 13.3. The predicted octanol–water partition coefficient (Wildman–Crippen LogP) is 3.63. The van der Waals surface area contributed by atoms with Crippen LogP contribution >= 0.6 is 11.3 Å². The third-order valence-electron chi connectivity index (χ3n) is 3.13. The normalized spacial score (nSPS) is 10.4. The number of anilines is 3. The van der Waals surface area contributed by atoms with Gasteiger partial charge in [-0.05, 0) is 36.8 Å². The predicted molar refractivity (Wildman–Crippen MR) is 91.2 cm³/mol. The first-order valence-electron chi connectivity index (χ1n) is 7.27. The van der Waals surface area contributed by atoms with Gasteiger partial charge >= 0.3 is 0 Å². The molecule has 24 heavy (non-hydrogen) atoms. The first-order valence-corrected chi connectivity index (χ1v) is 8.08. The van der Waals surface area contributed by atoms with Crippen molar-refractivity contribution in [2.45, 2.75) is 13.3 Å². The molecule has 0 aliphatic heterocycles. The summed E-state index contributed by atoms with van der Waals surface area (Å²) in [6, 6.07) is 9.23. The second-order valence-corrected chi connectivity index (χ2v) is 5.91. The molecule has 1 amide bonds. The van der Waals surface area contributed by atoms with Crippen molar-refractivity contribution in [3.8, 4) is 0 Å². The molecule has 6 nitrogen and oxygen atoms in total. The summed E-state index contributed by atoms with van der Waals surface area (Å²) in [5, 5.41) is 14.8. The molecule has 2 N–H and O–H groups in total. The maximum Gasteiger partial charge on any atom is 0.261 e. The molecule has 0 spiro atoms. The monoisotopic (exact) mass is 343 g/mol. The average molecular weight is 343 g/mol. The molecule has 2 heterocycles. The molecule has 0 aliphatic rings. The van der Waals surface area contributed by atoms with Crippen molar-refractivity contribution in [2.75, 3.05) is 10.6 Å². The van der Waals surface area contributed by atoms with Gasteiger partial charge in [-0.2, -0.15) is 0 Å². The number of hydrogen-bond donors (Lipinski definition) is 2. The topological polar surface area (TPSA) is 79.8 Å². The van der Waals surface area contributed by atoms with Gasteiger partial charge in [0.15, 0.2) is 0 Å². The second-order valence-electron chi connectivity index (χ2n) is 4.84. The molecule has 0 fully saturated rings. The molecule has 1 aromatic carbocycles. The van der Waals surface area contributed by atoms with Crippen LogP contribution in [0.2, 0.25) is 0 Å². The zero-order valence-electron chi connectivity index (χ0n) is 12.8. The lowest BCUT2D eigenvalue weighted by Crippen LogP contribution is -2.14. The number of aryl methyl sites for hydroxylation is 1. The van der Waals surface area contributed by atoms with Crippen LogP contribution < -0.4 is 10.6 Å². The third-order valence-corrected chi connectivity index (χ3v) is 4.11. The number of rotatable bonds is 5. The number of carbonyl (C=O) groups is 1. The van der Waals surface area contributed by atoms with Crippen LogP contribution in [0.3, 0.4) is 0 Å². The number of halogens is 1. The van der Waals surface area contributed by atoms with Crippen molar-refractivity contribution in [3.63, 3.8) is 0 Å². The number of pyridine rings is 1. The van der Waals surface area contributed by atoms with Crippen LogP contribution in [0.25, 0.3) is 0 Å². The Hall–Kier alpha value is -2.87. The van der Waals surface area contributed by atoms with E-state index in [0.717, 1.165) is 11.4 Å². The molecule has 122 valence electrons. The van der Waals surface area contributed by atoms with Crippen LogP contribution in [0.4, 0.5) is 21.0 Å². The highest BCUT2D eigenvalue weighted by molar-refractivity contribution is 7.15. The number of nitrogens with one attached hydrogen (secondary N) is 2. The van der Waals surface area contributed by atoms with Gasteiger partial charge in [0.05, 0.1) is 5.56 Å². The Morgan fingerprint density at radius 1 is 1.25 bits per heavy atom. The Morgan fingerprint density at radius 3 is 2.88 bits per heavy atom. The van der Waals surface area contributed by atoms with E-state index in [1.54, 1.807) is 30.5 Å². The van der Waals surface area contributed by atoms with Gasteiger partial charge in [0.1, 0.15) is 16.6 Å². The molecule has 0 atom stereocenters. The standard InChI is InChI=1S/C16H14FN5OS/c1-2-13-21-22-16(24-13)20-15(23)12-7-4-8-18-14(12)19-11-6-3-5-10(17)9-11/h3-9H,2H2,1H3,(H,18,19)(H,20,22,23). The minimum Gasteiger partial charge on any atom is -0.339 e. The van der Waals surface area contributed by atoms with Crippen LogP contribution in [0.1, 0.15) is 22.3 Å². The smallest absolute Gasteiger partial charge is 0.261 e. The molecule has 8 heteroatoms. The molecule has 0 aliphatic carbocycles. The Kier molecular flexibility index (Phi) is 4.76. The zero-order chi connectivity index (χ0) is 16.9. The lowest BCUT2D eigenvalue weighted by atomic mass is 10.2. The molecule has 0 bridgehead atoms. The van der Waals surface area contributed by atoms with Crippen molar-refractivity contribution in [3.05, 3.63) is 59.0 Å². The number of carbonyl (C=O) groups excluding carboxylic acids is 1. The van der Waals surface area contributed by atoms with E-state index in [4.69, 9.17) is 0 Å². The van der Waals surface area contributed by atoms with Crippen molar-refractivity contribution < 1.29 is 9.18 Å². The van der Waals surface area contributed by atoms with Crippen molar-refractivity contribution in [2.24, 2.45) is 0 Å². The molecule has 2 aromatic heterocycles. The molecule has 0 radical (unpaired) electrons. The lowest BCUT2D eigenvalue weighted by Gasteiger charge is -2.10. The van der Waals surface area contributed by atoms with Gasteiger partial charge in [0, 0.05) is 11.9 Å². The van der Waals surface area contributed by atoms with E-state index in [1.807, 2.05) is 6.92 Å². The number of benzene rings is 1. The SMILES string of the molecule is CCc1nnc(NC(=O)c2cccnc2Nc2cccc(F)c2)s1. The largest absolute Gasteiger partial charge is 0.339 e. The van der Waals surface area contributed by atoms with Gasteiger partial charge in [0.25, 0.3) is 5.91 Å². The molecule has 3 aromatic rings. The van der Waals surface area contributed by atoms with Gasteiger partial charge in [-0.15, -0.1) is 10.2 Å². The minimum absolute atomic E-state index is 0.329. The average Bonchev–Trinajstić information content (AvgIpc) is 3.03. The fourth-order valence-corrected chi connectivity index (χ4v) is 2.68. The van der Waals surface area contributed by atoms with Crippen LogP contribution in [-0.2, 0) is 6.42 Å². The Morgan fingerprint density at radius 2 is 2.12 bits per heavy atom. The van der Waals surface area contributed by atoms with Crippen LogP contribution in [0.5, 0.6) is 0 Å². The highest BCUT2D eigenvalue weighted by Gasteiger charge is 2.15. The van der Waals surface area contributed by atoms with E-state index < -0.39 is 0 Å². The fourth-order valence-electron chi connectivity index (χ4n) is 2.00. The molecule has 0 saturated heterocycles. The summed E-state index contributed by atoms with van der Waals surface area (Å²) in [5.74, 6) is -0.399. The molecule has 3 rings (SSSR count). The van der Waals surface area contributed by atoms with Gasteiger partial charge < -0.3 is 5.32 Å². The summed E-state index contributed by atoms with van der Waals surface area (Å²) in [5.41, 5.74) is 0.835. The maximum absolute atomic E-state index is 13.3. The Bertz CT molecular complexity index is 867. The zero-order valence-corrected chi connectivity index (χ0v) is 13.6. The highest BCUT2D eigenvalue weighted by atomic mass is 32.1. The first kappa shape index (κ1) is 16.0. The minimum atomic E-state index is -0.372. The van der Waals surface area contributed by atoms with E-state index in [9.17, 15) is 9.18 Å². The summed E-state index contributed by atoms with van der Waals surface area (Å²) in [6.45, 7) is 1.97. The van der Waals surface area contributed by atoms with Gasteiger partial charge in [0.2, 0.25) is 5.13 Å². The third kappa shape index (κ3) is 3.72.